The second kappa shape index (κ2) is 5.67. The van der Waals surface area contributed by atoms with Crippen molar-refractivity contribution in [2.24, 2.45) is 0 Å². The van der Waals surface area contributed by atoms with E-state index in [0.29, 0.717) is 24.5 Å². The molecule has 0 unspecified atom stereocenters. The Kier molecular flexibility index (Phi) is 3.95. The lowest BCUT2D eigenvalue weighted by atomic mass is 9.80. The Labute approximate surface area is 134 Å². The predicted octanol–water partition coefficient (Wildman–Crippen LogP) is -0.382. The third kappa shape index (κ3) is 2.27. The first-order chi connectivity index (χ1) is 11.0. The smallest absolute Gasteiger partial charge is 0.226 e. The second-order valence-corrected chi connectivity index (χ2v) is 6.01. The molecular weight excluding hydrogens is 302 g/mol. The Morgan fingerprint density at radius 3 is 2.61 bits per heavy atom. The standard InChI is InChI=1S/C16H21NO6/c1-22-11-5-9-3-4-17-14(20)7-16(21,13(19)8-18)15(17)10(9)6-12(11)23-2/h5-6,13,15,18-19,21H,3-4,7-8H2,1-2H3/t13-,15-,16+/m1/s1. The van der Waals surface area contributed by atoms with Crippen LogP contribution in [0.5, 0.6) is 11.5 Å². The summed E-state index contributed by atoms with van der Waals surface area (Å²) in [5, 5.41) is 30.3. The molecule has 1 fully saturated rings. The van der Waals surface area contributed by atoms with Crippen LogP contribution in [-0.4, -0.2) is 65.2 Å². The quantitative estimate of drug-likeness (QED) is 0.698. The summed E-state index contributed by atoms with van der Waals surface area (Å²) >= 11 is 0. The van der Waals surface area contributed by atoms with Crippen LogP contribution in [0.25, 0.3) is 0 Å². The van der Waals surface area contributed by atoms with E-state index in [-0.39, 0.29) is 12.3 Å². The third-order valence-corrected chi connectivity index (χ3v) is 4.85. The highest BCUT2D eigenvalue weighted by molar-refractivity contribution is 5.82. The van der Waals surface area contributed by atoms with Gasteiger partial charge in [0.2, 0.25) is 5.91 Å². The minimum Gasteiger partial charge on any atom is -0.493 e. The van der Waals surface area contributed by atoms with Crippen molar-refractivity contribution in [3.05, 3.63) is 23.3 Å². The van der Waals surface area contributed by atoms with Crippen molar-refractivity contribution in [1.82, 2.24) is 4.90 Å². The number of nitrogens with zero attached hydrogens (tertiary/aromatic N) is 1. The number of amides is 1. The lowest BCUT2D eigenvalue weighted by molar-refractivity contribution is -0.129. The van der Waals surface area contributed by atoms with Gasteiger partial charge >= 0.3 is 0 Å². The maximum Gasteiger partial charge on any atom is 0.226 e. The van der Waals surface area contributed by atoms with Crippen molar-refractivity contribution in [2.75, 3.05) is 27.4 Å². The maximum atomic E-state index is 12.2. The van der Waals surface area contributed by atoms with Crippen molar-refractivity contribution in [3.63, 3.8) is 0 Å². The van der Waals surface area contributed by atoms with E-state index in [9.17, 15) is 20.1 Å². The Balaban J connectivity index is 2.14. The van der Waals surface area contributed by atoms with Gasteiger partial charge in [0.05, 0.1) is 33.3 Å². The van der Waals surface area contributed by atoms with Gasteiger partial charge in [-0.1, -0.05) is 0 Å². The largest absolute Gasteiger partial charge is 0.493 e. The summed E-state index contributed by atoms with van der Waals surface area (Å²) in [6.45, 7) is -0.164. The number of aliphatic hydroxyl groups is 3. The first-order valence-corrected chi connectivity index (χ1v) is 7.51. The molecule has 2 aliphatic rings. The highest BCUT2D eigenvalue weighted by atomic mass is 16.5. The molecule has 1 aromatic rings. The molecule has 1 amide bonds. The molecule has 0 spiro atoms. The minimum absolute atomic E-state index is 0.215. The average Bonchev–Trinajstić information content (AvgIpc) is 2.84. The molecule has 23 heavy (non-hydrogen) atoms. The summed E-state index contributed by atoms with van der Waals surface area (Å²) in [7, 11) is 3.06. The van der Waals surface area contributed by atoms with Gasteiger partial charge in [0, 0.05) is 6.54 Å². The zero-order valence-electron chi connectivity index (χ0n) is 13.2. The van der Waals surface area contributed by atoms with Crippen LogP contribution in [0, 0.1) is 0 Å². The van der Waals surface area contributed by atoms with Crippen LogP contribution in [0.2, 0.25) is 0 Å². The van der Waals surface area contributed by atoms with Crippen molar-refractivity contribution >= 4 is 5.91 Å². The Bertz CT molecular complexity index is 633. The van der Waals surface area contributed by atoms with Gasteiger partial charge in [0.25, 0.3) is 0 Å². The summed E-state index contributed by atoms with van der Waals surface area (Å²) in [6.07, 6.45) is -0.989. The zero-order valence-corrected chi connectivity index (χ0v) is 13.2. The maximum absolute atomic E-state index is 12.2. The molecule has 3 atom stereocenters. The number of rotatable bonds is 4. The minimum atomic E-state index is -1.72. The Morgan fingerprint density at radius 1 is 1.35 bits per heavy atom. The van der Waals surface area contributed by atoms with Gasteiger partial charge in [-0.05, 0) is 29.7 Å². The molecule has 0 radical (unpaired) electrons. The average molecular weight is 323 g/mol. The number of benzene rings is 1. The Hall–Kier alpha value is -1.83. The van der Waals surface area contributed by atoms with Crippen LogP contribution in [0.4, 0.5) is 0 Å². The highest BCUT2D eigenvalue weighted by Crippen LogP contribution is 2.48. The predicted molar refractivity (Wildman–Crippen MR) is 80.4 cm³/mol. The molecule has 7 nitrogen and oxygen atoms in total. The van der Waals surface area contributed by atoms with Crippen LogP contribution in [0.1, 0.15) is 23.6 Å². The van der Waals surface area contributed by atoms with Gasteiger partial charge in [-0.15, -0.1) is 0 Å². The monoisotopic (exact) mass is 323 g/mol. The van der Waals surface area contributed by atoms with Crippen LogP contribution in [-0.2, 0) is 11.2 Å². The molecule has 126 valence electrons. The molecule has 1 aromatic carbocycles. The van der Waals surface area contributed by atoms with E-state index in [2.05, 4.69) is 0 Å². The fourth-order valence-corrected chi connectivity index (χ4v) is 3.65. The van der Waals surface area contributed by atoms with E-state index in [0.717, 1.165) is 11.1 Å². The van der Waals surface area contributed by atoms with E-state index in [1.54, 1.807) is 18.1 Å². The molecule has 3 rings (SSSR count). The number of aliphatic hydroxyl groups excluding tert-OH is 2. The summed E-state index contributed by atoms with van der Waals surface area (Å²) in [6, 6.07) is 2.86. The molecular formula is C16H21NO6. The highest BCUT2D eigenvalue weighted by Gasteiger charge is 2.56. The molecule has 0 aromatic heterocycles. The first-order valence-electron chi connectivity index (χ1n) is 7.51. The lowest BCUT2D eigenvalue weighted by Gasteiger charge is -2.40. The van der Waals surface area contributed by atoms with Gasteiger partial charge in [-0.3, -0.25) is 4.79 Å². The van der Waals surface area contributed by atoms with Crippen molar-refractivity contribution in [2.45, 2.75) is 30.6 Å². The zero-order chi connectivity index (χ0) is 16.8. The van der Waals surface area contributed by atoms with Crippen LogP contribution in [0.15, 0.2) is 12.1 Å². The number of carbonyl (C=O) groups is 1. The van der Waals surface area contributed by atoms with Gasteiger partial charge < -0.3 is 29.7 Å². The SMILES string of the molecule is COc1cc2c(cc1OC)[C@H]1N(CC2)C(=O)C[C@]1(O)[C@H](O)CO. The summed E-state index contributed by atoms with van der Waals surface area (Å²) in [5.74, 6) is 0.842. The van der Waals surface area contributed by atoms with Gasteiger partial charge in [0.1, 0.15) is 11.7 Å². The van der Waals surface area contributed by atoms with Crippen molar-refractivity contribution in [1.29, 1.82) is 0 Å². The number of methoxy groups -OCH3 is 2. The fourth-order valence-electron chi connectivity index (χ4n) is 3.65. The van der Waals surface area contributed by atoms with Gasteiger partial charge in [-0.25, -0.2) is 0 Å². The summed E-state index contributed by atoms with van der Waals surface area (Å²) in [4.78, 5) is 13.8. The van der Waals surface area contributed by atoms with E-state index in [1.165, 1.54) is 7.11 Å². The van der Waals surface area contributed by atoms with E-state index < -0.39 is 24.4 Å². The molecule has 2 aliphatic heterocycles. The first kappa shape index (κ1) is 16.0. The molecule has 0 aliphatic carbocycles. The van der Waals surface area contributed by atoms with Crippen LogP contribution < -0.4 is 9.47 Å². The second-order valence-electron chi connectivity index (χ2n) is 6.01. The number of ether oxygens (including phenoxy) is 2. The molecule has 0 saturated carbocycles. The van der Waals surface area contributed by atoms with Gasteiger partial charge in [-0.2, -0.15) is 0 Å². The molecule has 7 heteroatoms. The van der Waals surface area contributed by atoms with Crippen molar-refractivity contribution < 1.29 is 29.6 Å². The number of fused-ring (bicyclic) bond motifs is 3. The normalized spacial score (nSPS) is 27.4. The van der Waals surface area contributed by atoms with Crippen molar-refractivity contribution in [3.8, 4) is 11.5 Å². The molecule has 0 bridgehead atoms. The Morgan fingerprint density at radius 2 is 2.00 bits per heavy atom. The van der Waals surface area contributed by atoms with E-state index in [1.807, 2.05) is 6.07 Å². The number of hydrogen-bond donors (Lipinski definition) is 3. The third-order valence-electron chi connectivity index (χ3n) is 4.85. The topological polar surface area (TPSA) is 99.5 Å². The summed E-state index contributed by atoms with van der Waals surface area (Å²) < 4.78 is 10.6. The number of hydrogen-bond acceptors (Lipinski definition) is 6. The van der Waals surface area contributed by atoms with E-state index in [4.69, 9.17) is 9.47 Å². The fraction of sp³-hybridized carbons (Fsp3) is 0.562. The number of carbonyl (C=O) groups excluding carboxylic acids is 1. The van der Waals surface area contributed by atoms with E-state index >= 15 is 0 Å². The van der Waals surface area contributed by atoms with Crippen LogP contribution >= 0.6 is 0 Å². The van der Waals surface area contributed by atoms with Crippen LogP contribution in [0.3, 0.4) is 0 Å². The van der Waals surface area contributed by atoms with Gasteiger partial charge in [0.15, 0.2) is 11.5 Å². The summed E-state index contributed by atoms with van der Waals surface area (Å²) in [5.41, 5.74) is -0.0717. The molecule has 1 saturated heterocycles. The lowest BCUT2D eigenvalue weighted by Crippen LogP contribution is -2.50. The molecule has 3 N–H and O–H groups in total. The molecule has 2 heterocycles.